The number of rotatable bonds is 3. The highest BCUT2D eigenvalue weighted by Gasteiger charge is 2.23. The van der Waals surface area contributed by atoms with Gasteiger partial charge in [-0.05, 0) is 31.0 Å². The monoisotopic (exact) mass is 358 g/mol. The van der Waals surface area contributed by atoms with Crippen molar-refractivity contribution in [2.24, 2.45) is 5.92 Å². The summed E-state index contributed by atoms with van der Waals surface area (Å²) in [5, 5.41) is 10.4. The summed E-state index contributed by atoms with van der Waals surface area (Å²) in [7, 11) is 0. The summed E-state index contributed by atoms with van der Waals surface area (Å²) < 4.78 is 1.55. The summed E-state index contributed by atoms with van der Waals surface area (Å²) in [6, 6.07) is 3.67. The van der Waals surface area contributed by atoms with Gasteiger partial charge in [0.2, 0.25) is 0 Å². The number of nitrogens with zero attached hydrogens (tertiary/aromatic N) is 4. The number of pyridine rings is 1. The first-order valence-corrected chi connectivity index (χ1v) is 7.06. The number of hydrogen-bond donors (Lipinski definition) is 2. The van der Waals surface area contributed by atoms with Gasteiger partial charge in [0.25, 0.3) is 5.91 Å². The molecule has 1 amide bonds. The number of amides is 1. The van der Waals surface area contributed by atoms with Crippen molar-refractivity contribution in [3.8, 4) is 5.82 Å². The van der Waals surface area contributed by atoms with Gasteiger partial charge in [-0.15, -0.1) is 24.8 Å². The lowest BCUT2D eigenvalue weighted by molar-refractivity contribution is 0.0915. The Morgan fingerprint density at radius 2 is 2.22 bits per heavy atom. The highest BCUT2D eigenvalue weighted by Crippen LogP contribution is 2.12. The van der Waals surface area contributed by atoms with Gasteiger partial charge in [0.05, 0.1) is 5.56 Å². The largest absolute Gasteiger partial charge is 0.348 e. The number of nitrogens with one attached hydrogen (secondary N) is 2. The predicted molar refractivity (Wildman–Crippen MR) is 91.6 cm³/mol. The van der Waals surface area contributed by atoms with Crippen molar-refractivity contribution in [2.75, 3.05) is 13.1 Å². The van der Waals surface area contributed by atoms with E-state index in [2.05, 4.69) is 32.6 Å². The SMILES string of the molecule is CC1CCNCC1NC(=O)c1ccc(-n2cncn2)nc1.Cl.Cl. The summed E-state index contributed by atoms with van der Waals surface area (Å²) in [5.74, 6) is 1.03. The molecule has 3 rings (SSSR count). The van der Waals surface area contributed by atoms with E-state index in [1.807, 2.05) is 0 Å². The Morgan fingerprint density at radius 1 is 1.39 bits per heavy atom. The smallest absolute Gasteiger partial charge is 0.253 e. The number of hydrogen-bond acceptors (Lipinski definition) is 5. The van der Waals surface area contributed by atoms with Gasteiger partial charge in [-0.2, -0.15) is 5.10 Å². The topological polar surface area (TPSA) is 84.7 Å². The molecule has 2 aromatic heterocycles. The van der Waals surface area contributed by atoms with E-state index < -0.39 is 0 Å². The van der Waals surface area contributed by atoms with Gasteiger partial charge < -0.3 is 10.6 Å². The highest BCUT2D eigenvalue weighted by atomic mass is 35.5. The molecular weight excluding hydrogens is 339 g/mol. The van der Waals surface area contributed by atoms with Crippen LogP contribution < -0.4 is 10.6 Å². The van der Waals surface area contributed by atoms with E-state index in [1.54, 1.807) is 29.3 Å². The second-order valence-corrected chi connectivity index (χ2v) is 5.30. The summed E-state index contributed by atoms with van der Waals surface area (Å²) in [6.07, 6.45) is 5.65. The quantitative estimate of drug-likeness (QED) is 0.861. The van der Waals surface area contributed by atoms with Gasteiger partial charge in [0, 0.05) is 18.8 Å². The van der Waals surface area contributed by atoms with Crippen molar-refractivity contribution in [1.29, 1.82) is 0 Å². The standard InChI is InChI=1S/C14H18N6O.2ClH/c1-10-4-5-15-7-12(10)19-14(21)11-2-3-13(17-6-11)20-9-16-8-18-20;;/h2-3,6,8-10,12,15H,4-5,7H2,1H3,(H,19,21);2*1H. The van der Waals surface area contributed by atoms with Crippen LogP contribution in [0.1, 0.15) is 23.7 Å². The van der Waals surface area contributed by atoms with Crippen LogP contribution in [-0.4, -0.2) is 44.8 Å². The van der Waals surface area contributed by atoms with Gasteiger partial charge >= 0.3 is 0 Å². The van der Waals surface area contributed by atoms with Crippen LogP contribution in [0, 0.1) is 5.92 Å². The van der Waals surface area contributed by atoms with Gasteiger partial charge in [0.1, 0.15) is 12.7 Å². The number of halogens is 2. The molecule has 2 atom stereocenters. The lowest BCUT2D eigenvalue weighted by atomic mass is 9.94. The fraction of sp³-hybridized carbons (Fsp3) is 0.429. The zero-order valence-corrected chi connectivity index (χ0v) is 14.3. The van der Waals surface area contributed by atoms with E-state index in [0.717, 1.165) is 19.5 Å². The second kappa shape index (κ2) is 8.81. The second-order valence-electron chi connectivity index (χ2n) is 5.30. The lowest BCUT2D eigenvalue weighted by Crippen LogP contribution is -2.50. The molecule has 1 fully saturated rings. The zero-order valence-electron chi connectivity index (χ0n) is 12.7. The first-order chi connectivity index (χ1) is 10.2. The van der Waals surface area contributed by atoms with Crippen molar-refractivity contribution in [3.63, 3.8) is 0 Å². The maximum absolute atomic E-state index is 12.2. The summed E-state index contributed by atoms with van der Waals surface area (Å²) in [4.78, 5) is 20.3. The van der Waals surface area contributed by atoms with Crippen molar-refractivity contribution in [3.05, 3.63) is 36.5 Å². The Bertz CT molecular complexity index is 604. The number of piperidine rings is 1. The first kappa shape index (κ1) is 19.3. The molecule has 0 radical (unpaired) electrons. The van der Waals surface area contributed by atoms with E-state index in [-0.39, 0.29) is 36.8 Å². The molecule has 1 aliphatic rings. The molecule has 0 spiro atoms. The Morgan fingerprint density at radius 3 is 2.83 bits per heavy atom. The van der Waals surface area contributed by atoms with E-state index >= 15 is 0 Å². The van der Waals surface area contributed by atoms with Crippen LogP contribution in [-0.2, 0) is 0 Å². The molecule has 126 valence electrons. The molecular formula is C14H20Cl2N6O. The normalized spacial score (nSPS) is 20.0. The van der Waals surface area contributed by atoms with Crippen LogP contribution in [0.5, 0.6) is 0 Å². The average molecular weight is 359 g/mol. The average Bonchev–Trinajstić information content (AvgIpc) is 3.04. The molecule has 23 heavy (non-hydrogen) atoms. The molecule has 2 unspecified atom stereocenters. The minimum atomic E-state index is -0.0896. The third-order valence-corrected chi connectivity index (χ3v) is 3.81. The number of aromatic nitrogens is 4. The van der Waals surface area contributed by atoms with Crippen LogP contribution in [0.3, 0.4) is 0 Å². The third-order valence-electron chi connectivity index (χ3n) is 3.81. The van der Waals surface area contributed by atoms with Gasteiger partial charge in [-0.1, -0.05) is 6.92 Å². The first-order valence-electron chi connectivity index (χ1n) is 7.06. The van der Waals surface area contributed by atoms with Crippen LogP contribution in [0.25, 0.3) is 5.82 Å². The summed E-state index contributed by atoms with van der Waals surface area (Å²) in [5.41, 5.74) is 0.552. The summed E-state index contributed by atoms with van der Waals surface area (Å²) >= 11 is 0. The number of carbonyl (C=O) groups is 1. The fourth-order valence-electron chi connectivity index (χ4n) is 2.42. The van der Waals surface area contributed by atoms with E-state index in [0.29, 0.717) is 17.3 Å². The summed E-state index contributed by atoms with van der Waals surface area (Å²) in [6.45, 7) is 4.00. The van der Waals surface area contributed by atoms with Gasteiger partial charge in [-0.3, -0.25) is 4.79 Å². The molecule has 9 heteroatoms. The van der Waals surface area contributed by atoms with E-state index in [9.17, 15) is 4.79 Å². The molecule has 3 heterocycles. The Hall–Kier alpha value is -1.70. The molecule has 1 aliphatic heterocycles. The predicted octanol–water partition coefficient (Wildman–Crippen LogP) is 1.23. The molecule has 7 nitrogen and oxygen atoms in total. The fourth-order valence-corrected chi connectivity index (χ4v) is 2.42. The lowest BCUT2D eigenvalue weighted by Gasteiger charge is -2.30. The highest BCUT2D eigenvalue weighted by molar-refractivity contribution is 5.94. The number of carbonyl (C=O) groups excluding carboxylic acids is 1. The van der Waals surface area contributed by atoms with E-state index in [4.69, 9.17) is 0 Å². The van der Waals surface area contributed by atoms with Gasteiger partial charge in [-0.25, -0.2) is 14.6 Å². The Balaban J connectivity index is 0.00000132. The minimum absolute atomic E-state index is 0. The Labute approximate surface area is 147 Å². The molecule has 0 aromatic carbocycles. The molecule has 0 saturated carbocycles. The van der Waals surface area contributed by atoms with Crippen molar-refractivity contribution in [1.82, 2.24) is 30.4 Å². The van der Waals surface area contributed by atoms with Crippen molar-refractivity contribution >= 4 is 30.7 Å². The van der Waals surface area contributed by atoms with Crippen LogP contribution in [0.2, 0.25) is 0 Å². The van der Waals surface area contributed by atoms with E-state index in [1.165, 1.54) is 6.33 Å². The molecule has 2 N–H and O–H groups in total. The zero-order chi connectivity index (χ0) is 14.7. The van der Waals surface area contributed by atoms with Gasteiger partial charge in [0.15, 0.2) is 5.82 Å². The van der Waals surface area contributed by atoms with Crippen molar-refractivity contribution < 1.29 is 4.79 Å². The Kier molecular flexibility index (Phi) is 7.41. The third kappa shape index (κ3) is 4.63. The van der Waals surface area contributed by atoms with Crippen LogP contribution in [0.4, 0.5) is 0 Å². The van der Waals surface area contributed by atoms with Crippen LogP contribution >= 0.6 is 24.8 Å². The molecule has 0 aliphatic carbocycles. The van der Waals surface area contributed by atoms with Crippen LogP contribution in [0.15, 0.2) is 31.0 Å². The minimum Gasteiger partial charge on any atom is -0.348 e. The van der Waals surface area contributed by atoms with Crippen molar-refractivity contribution in [2.45, 2.75) is 19.4 Å². The molecule has 0 bridgehead atoms. The maximum atomic E-state index is 12.2. The maximum Gasteiger partial charge on any atom is 0.253 e. The molecule has 2 aromatic rings. The molecule has 1 saturated heterocycles.